The summed E-state index contributed by atoms with van der Waals surface area (Å²) in [6.45, 7) is 9.49. The molecule has 0 spiro atoms. The SMILES string of the molecule is CCC1CC(CCO)CC1CC.CCOC(=O)C1CC(CCOS(C)(=O)=O)CC1CC.O=C=O. The molecule has 2 rings (SSSR count). The van der Waals surface area contributed by atoms with E-state index in [2.05, 4.69) is 20.8 Å². The molecule has 0 bridgehead atoms. The van der Waals surface area contributed by atoms with E-state index in [4.69, 9.17) is 23.6 Å². The van der Waals surface area contributed by atoms with Crippen LogP contribution in [0.15, 0.2) is 0 Å². The van der Waals surface area contributed by atoms with Crippen LogP contribution in [0.3, 0.4) is 0 Å². The highest BCUT2D eigenvalue weighted by Gasteiger charge is 2.38. The van der Waals surface area contributed by atoms with Gasteiger partial charge < -0.3 is 9.84 Å². The van der Waals surface area contributed by atoms with Gasteiger partial charge in [0.25, 0.3) is 10.1 Å². The second kappa shape index (κ2) is 18.1. The first kappa shape index (κ1) is 32.7. The van der Waals surface area contributed by atoms with E-state index in [-0.39, 0.29) is 24.6 Å². The Morgan fingerprint density at radius 2 is 1.35 bits per heavy atom. The molecule has 0 aromatic rings. The lowest BCUT2D eigenvalue weighted by atomic mass is 9.92. The van der Waals surface area contributed by atoms with Crippen molar-refractivity contribution in [3.63, 3.8) is 0 Å². The quantitative estimate of drug-likeness (QED) is 0.326. The highest BCUT2D eigenvalue weighted by atomic mass is 32.2. The smallest absolute Gasteiger partial charge is 0.373 e. The van der Waals surface area contributed by atoms with Crippen LogP contribution in [-0.4, -0.2) is 51.7 Å². The zero-order valence-corrected chi connectivity index (χ0v) is 22.5. The van der Waals surface area contributed by atoms with Crippen molar-refractivity contribution in [2.24, 2.45) is 35.5 Å². The molecule has 0 heterocycles. The maximum Gasteiger partial charge on any atom is 0.373 e. The fourth-order valence-corrected chi connectivity index (χ4v) is 5.99. The predicted molar refractivity (Wildman–Crippen MR) is 129 cm³/mol. The van der Waals surface area contributed by atoms with Gasteiger partial charge in [0.15, 0.2) is 0 Å². The molecule has 0 aromatic heterocycles. The predicted octanol–water partition coefficient (Wildman–Crippen LogP) is 4.22. The minimum Gasteiger partial charge on any atom is -0.466 e. The third kappa shape index (κ3) is 13.0. The van der Waals surface area contributed by atoms with Crippen molar-refractivity contribution in [1.29, 1.82) is 0 Å². The van der Waals surface area contributed by atoms with E-state index in [9.17, 15) is 13.2 Å². The molecule has 2 saturated carbocycles. The molecular formula is C25H46O8S. The van der Waals surface area contributed by atoms with E-state index < -0.39 is 10.1 Å². The Kier molecular flexibility index (Phi) is 17.4. The number of hydrogen-bond acceptors (Lipinski definition) is 8. The summed E-state index contributed by atoms with van der Waals surface area (Å²) in [5.74, 6) is 3.28. The van der Waals surface area contributed by atoms with Crippen molar-refractivity contribution in [3.8, 4) is 0 Å². The van der Waals surface area contributed by atoms with Crippen LogP contribution in [0.2, 0.25) is 0 Å². The molecule has 2 aliphatic rings. The molecule has 5 unspecified atom stereocenters. The van der Waals surface area contributed by atoms with Crippen LogP contribution in [0.1, 0.15) is 85.5 Å². The zero-order chi connectivity index (χ0) is 26.1. The van der Waals surface area contributed by atoms with Crippen LogP contribution >= 0.6 is 0 Å². The monoisotopic (exact) mass is 506 g/mol. The lowest BCUT2D eigenvalue weighted by Gasteiger charge is -2.15. The van der Waals surface area contributed by atoms with Crippen LogP contribution in [-0.2, 0) is 33.4 Å². The zero-order valence-electron chi connectivity index (χ0n) is 21.7. The summed E-state index contributed by atoms with van der Waals surface area (Å²) < 4.78 is 31.6. The maximum atomic E-state index is 11.8. The molecular weight excluding hydrogens is 460 g/mol. The Balaban J connectivity index is 0.000000619. The minimum absolute atomic E-state index is 0.0341. The Bertz CT molecular complexity index is 675. The summed E-state index contributed by atoms with van der Waals surface area (Å²) in [6, 6.07) is 0. The van der Waals surface area contributed by atoms with Crippen LogP contribution in [0, 0.1) is 35.5 Å². The third-order valence-corrected chi connectivity index (χ3v) is 7.85. The first-order valence-electron chi connectivity index (χ1n) is 12.7. The molecule has 200 valence electrons. The van der Waals surface area contributed by atoms with E-state index in [1.54, 1.807) is 0 Å². The number of hydrogen-bond donors (Lipinski definition) is 1. The third-order valence-electron chi connectivity index (χ3n) is 7.25. The molecule has 9 heteroatoms. The van der Waals surface area contributed by atoms with Gasteiger partial charge in [0, 0.05) is 6.61 Å². The Morgan fingerprint density at radius 3 is 1.76 bits per heavy atom. The van der Waals surface area contributed by atoms with Crippen molar-refractivity contribution < 1.29 is 36.8 Å². The number of ether oxygens (including phenoxy) is 1. The summed E-state index contributed by atoms with van der Waals surface area (Å²) in [7, 11) is -3.37. The number of aliphatic hydroxyl groups excluding tert-OH is 1. The maximum absolute atomic E-state index is 11.8. The van der Waals surface area contributed by atoms with Gasteiger partial charge in [0.2, 0.25) is 0 Å². The van der Waals surface area contributed by atoms with Gasteiger partial charge in [-0.25, -0.2) is 0 Å². The first-order chi connectivity index (χ1) is 16.1. The number of carbonyl (C=O) groups excluding carboxylic acids is 3. The molecule has 8 nitrogen and oxygen atoms in total. The van der Waals surface area contributed by atoms with Gasteiger partial charge in [-0.15, -0.1) is 0 Å². The van der Waals surface area contributed by atoms with Gasteiger partial charge in [-0.2, -0.15) is 18.0 Å². The van der Waals surface area contributed by atoms with Crippen LogP contribution in [0.5, 0.6) is 0 Å². The topological polar surface area (TPSA) is 124 Å². The van der Waals surface area contributed by atoms with Crippen LogP contribution < -0.4 is 0 Å². The van der Waals surface area contributed by atoms with Gasteiger partial charge in [-0.05, 0) is 75.0 Å². The summed E-state index contributed by atoms with van der Waals surface area (Å²) in [5, 5.41) is 8.84. The number of carbonyl (C=O) groups is 1. The van der Waals surface area contributed by atoms with Gasteiger partial charge in [-0.3, -0.25) is 8.98 Å². The number of esters is 1. The molecule has 0 aromatic carbocycles. The molecule has 0 amide bonds. The number of aliphatic hydroxyl groups is 1. The number of rotatable bonds is 11. The van der Waals surface area contributed by atoms with E-state index in [0.717, 1.165) is 49.7 Å². The van der Waals surface area contributed by atoms with Crippen LogP contribution in [0.25, 0.3) is 0 Å². The Morgan fingerprint density at radius 1 is 0.882 bits per heavy atom. The highest BCUT2D eigenvalue weighted by molar-refractivity contribution is 7.85. The summed E-state index contributed by atoms with van der Waals surface area (Å²) >= 11 is 0. The fraction of sp³-hybridized carbons (Fsp3) is 0.920. The average molecular weight is 507 g/mol. The fourth-order valence-electron chi connectivity index (χ4n) is 5.59. The molecule has 1 N–H and O–H groups in total. The molecule has 2 fully saturated rings. The minimum atomic E-state index is -3.37. The lowest BCUT2D eigenvalue weighted by Crippen LogP contribution is -2.21. The lowest BCUT2D eigenvalue weighted by molar-refractivity contribution is -0.191. The standard InChI is InChI=1S/C13H24O5S.C11H22O.CO2/c1-4-11-8-10(6-7-18-19(3,15)16)9-12(11)13(14)17-5-2;1-3-10-7-9(5-6-12)8-11(10)4-2;2-1-3/h10-12H,4-9H2,1-3H3;9-12H,3-8H2,1-2H3;. The van der Waals surface area contributed by atoms with Crippen LogP contribution in [0.4, 0.5) is 0 Å². The molecule has 2 aliphatic carbocycles. The Labute approximate surface area is 206 Å². The normalized spacial score (nSPS) is 28.2. The van der Waals surface area contributed by atoms with Crippen molar-refractivity contribution >= 4 is 22.2 Å². The molecule has 5 atom stereocenters. The largest absolute Gasteiger partial charge is 0.466 e. The molecule has 0 saturated heterocycles. The van der Waals surface area contributed by atoms with Crippen molar-refractivity contribution in [3.05, 3.63) is 0 Å². The highest BCUT2D eigenvalue weighted by Crippen LogP contribution is 2.42. The van der Waals surface area contributed by atoms with Gasteiger partial charge >= 0.3 is 12.1 Å². The van der Waals surface area contributed by atoms with Crippen molar-refractivity contribution in [1.82, 2.24) is 0 Å². The first-order valence-corrected chi connectivity index (χ1v) is 14.5. The summed E-state index contributed by atoms with van der Waals surface area (Å²) in [6.07, 6.45) is 11.1. The average Bonchev–Trinajstić information content (AvgIpc) is 3.37. The van der Waals surface area contributed by atoms with Gasteiger partial charge in [0.1, 0.15) is 0 Å². The van der Waals surface area contributed by atoms with Crippen molar-refractivity contribution in [2.45, 2.75) is 85.5 Å². The summed E-state index contributed by atoms with van der Waals surface area (Å²) in [4.78, 5) is 28.1. The molecule has 0 radical (unpaired) electrons. The second-order valence-corrected chi connectivity index (χ2v) is 11.1. The van der Waals surface area contributed by atoms with E-state index in [0.29, 0.717) is 31.5 Å². The van der Waals surface area contributed by atoms with E-state index >= 15 is 0 Å². The Hall–Kier alpha value is -1.28. The van der Waals surface area contributed by atoms with Gasteiger partial charge in [0.05, 0.1) is 25.4 Å². The summed E-state index contributed by atoms with van der Waals surface area (Å²) in [5.41, 5.74) is 0. The van der Waals surface area contributed by atoms with Crippen molar-refractivity contribution in [2.75, 3.05) is 26.1 Å². The molecule has 0 aliphatic heterocycles. The molecule has 34 heavy (non-hydrogen) atoms. The second-order valence-electron chi connectivity index (χ2n) is 9.45. The van der Waals surface area contributed by atoms with Gasteiger partial charge in [-0.1, -0.05) is 40.0 Å². The van der Waals surface area contributed by atoms with E-state index in [1.807, 2.05) is 6.92 Å². The van der Waals surface area contributed by atoms with E-state index in [1.165, 1.54) is 25.7 Å².